The van der Waals surface area contributed by atoms with E-state index in [-0.39, 0.29) is 12.5 Å². The zero-order valence-corrected chi connectivity index (χ0v) is 11.6. The second kappa shape index (κ2) is 4.96. The number of urea groups is 1. The fraction of sp³-hybridized carbons (Fsp3) is 0.357. The van der Waals surface area contributed by atoms with Crippen LogP contribution in [0.5, 0.6) is 5.75 Å². The van der Waals surface area contributed by atoms with E-state index in [1.807, 2.05) is 0 Å². The van der Waals surface area contributed by atoms with Crippen LogP contribution >= 0.6 is 0 Å². The van der Waals surface area contributed by atoms with E-state index < -0.39 is 11.6 Å². The van der Waals surface area contributed by atoms with Crippen molar-refractivity contribution in [1.82, 2.24) is 10.2 Å². The lowest BCUT2D eigenvalue weighted by Gasteiger charge is -2.17. The van der Waals surface area contributed by atoms with Gasteiger partial charge in [-0.1, -0.05) is 0 Å². The molecule has 0 spiro atoms. The maximum atomic E-state index is 12.1. The lowest BCUT2D eigenvalue weighted by molar-refractivity contribution is -0.130. The number of hydrogen-bond acceptors (Lipinski definition) is 4. The van der Waals surface area contributed by atoms with E-state index in [1.165, 1.54) is 7.11 Å². The average Bonchev–Trinajstić information content (AvgIpc) is 2.60. The first-order chi connectivity index (χ1) is 9.39. The number of nitrogens with one attached hydrogen (secondary N) is 1. The number of amides is 3. The number of hydrogen-bond donors (Lipinski definition) is 1. The Hall–Kier alpha value is -2.37. The summed E-state index contributed by atoms with van der Waals surface area (Å²) in [5, 5.41) is 2.61. The topological polar surface area (TPSA) is 75.7 Å². The van der Waals surface area contributed by atoms with Gasteiger partial charge in [-0.3, -0.25) is 14.5 Å². The van der Waals surface area contributed by atoms with Gasteiger partial charge in [0.25, 0.3) is 5.91 Å². The van der Waals surface area contributed by atoms with E-state index in [2.05, 4.69) is 5.32 Å². The number of carbonyl (C=O) groups excluding carboxylic acids is 3. The summed E-state index contributed by atoms with van der Waals surface area (Å²) in [5.74, 6) is 0.224. The maximum absolute atomic E-state index is 12.1. The van der Waals surface area contributed by atoms with Crippen LogP contribution in [0.15, 0.2) is 18.2 Å². The van der Waals surface area contributed by atoms with Crippen LogP contribution in [-0.2, 0) is 11.3 Å². The normalized spacial score (nSPS) is 17.1. The van der Waals surface area contributed by atoms with Gasteiger partial charge in [0.2, 0.25) is 0 Å². The molecule has 1 saturated heterocycles. The van der Waals surface area contributed by atoms with E-state index in [0.29, 0.717) is 23.2 Å². The van der Waals surface area contributed by atoms with Crippen molar-refractivity contribution in [3.8, 4) is 5.75 Å². The standard InChI is InChI=1S/C14H16N2O4/c1-14(2)12(18)16(13(19)15-14)7-10-6-9(8-17)4-5-11(10)20-3/h4-6,8H,7H2,1-3H3,(H,15,19). The van der Waals surface area contributed by atoms with Crippen molar-refractivity contribution < 1.29 is 19.1 Å². The van der Waals surface area contributed by atoms with Crippen molar-refractivity contribution in [2.45, 2.75) is 25.9 Å². The van der Waals surface area contributed by atoms with Crippen LogP contribution in [0.3, 0.4) is 0 Å². The summed E-state index contributed by atoms with van der Waals surface area (Å²) in [6.45, 7) is 3.36. The van der Waals surface area contributed by atoms with Gasteiger partial charge in [0.15, 0.2) is 0 Å². The van der Waals surface area contributed by atoms with E-state index >= 15 is 0 Å². The largest absolute Gasteiger partial charge is 0.496 e. The van der Waals surface area contributed by atoms with Crippen molar-refractivity contribution in [2.75, 3.05) is 7.11 Å². The Morgan fingerprint density at radius 3 is 2.55 bits per heavy atom. The molecule has 2 rings (SSSR count). The van der Waals surface area contributed by atoms with Crippen LogP contribution in [0, 0.1) is 0 Å². The third kappa shape index (κ3) is 2.36. The molecule has 0 aliphatic carbocycles. The molecule has 0 bridgehead atoms. The van der Waals surface area contributed by atoms with E-state index in [1.54, 1.807) is 32.0 Å². The molecule has 1 aromatic carbocycles. The first-order valence-electron chi connectivity index (χ1n) is 6.15. The van der Waals surface area contributed by atoms with E-state index in [0.717, 1.165) is 4.90 Å². The molecule has 6 heteroatoms. The first-order valence-corrected chi connectivity index (χ1v) is 6.15. The first kappa shape index (κ1) is 14.0. The Morgan fingerprint density at radius 2 is 2.05 bits per heavy atom. The molecule has 0 aromatic heterocycles. The summed E-state index contributed by atoms with van der Waals surface area (Å²) in [7, 11) is 1.50. The quantitative estimate of drug-likeness (QED) is 0.665. The summed E-state index contributed by atoms with van der Waals surface area (Å²) < 4.78 is 5.19. The summed E-state index contributed by atoms with van der Waals surface area (Å²) >= 11 is 0. The lowest BCUT2D eigenvalue weighted by Crippen LogP contribution is -2.40. The molecule has 106 valence electrons. The van der Waals surface area contributed by atoms with E-state index in [4.69, 9.17) is 4.74 Å². The van der Waals surface area contributed by atoms with Crippen LogP contribution < -0.4 is 10.1 Å². The van der Waals surface area contributed by atoms with Crippen LogP contribution in [0.4, 0.5) is 4.79 Å². The highest BCUT2D eigenvalue weighted by atomic mass is 16.5. The second-order valence-electron chi connectivity index (χ2n) is 5.14. The van der Waals surface area contributed by atoms with Crippen molar-refractivity contribution in [2.24, 2.45) is 0 Å². The third-order valence-corrected chi connectivity index (χ3v) is 3.21. The molecule has 1 aliphatic heterocycles. The highest BCUT2D eigenvalue weighted by molar-refractivity contribution is 6.06. The molecule has 3 amide bonds. The Bertz CT molecular complexity index is 581. The lowest BCUT2D eigenvalue weighted by atomic mass is 10.1. The Kier molecular flexibility index (Phi) is 3.48. The molecule has 0 unspecified atom stereocenters. The van der Waals surface area contributed by atoms with Crippen LogP contribution in [0.2, 0.25) is 0 Å². The zero-order valence-electron chi connectivity index (χ0n) is 11.6. The minimum absolute atomic E-state index is 0.0684. The van der Waals surface area contributed by atoms with Crippen LogP contribution in [0.25, 0.3) is 0 Å². The monoisotopic (exact) mass is 276 g/mol. The van der Waals surface area contributed by atoms with Crippen molar-refractivity contribution >= 4 is 18.2 Å². The van der Waals surface area contributed by atoms with Gasteiger partial charge < -0.3 is 10.1 Å². The molecule has 0 saturated carbocycles. The number of imide groups is 1. The molecular weight excluding hydrogens is 260 g/mol. The molecule has 20 heavy (non-hydrogen) atoms. The van der Waals surface area contributed by atoms with Crippen LogP contribution in [-0.4, -0.2) is 35.8 Å². The number of methoxy groups -OCH3 is 1. The third-order valence-electron chi connectivity index (χ3n) is 3.21. The summed E-state index contributed by atoms with van der Waals surface area (Å²) in [6.07, 6.45) is 0.707. The predicted molar refractivity (Wildman–Crippen MR) is 71.5 cm³/mol. The maximum Gasteiger partial charge on any atom is 0.325 e. The minimum Gasteiger partial charge on any atom is -0.496 e. The van der Waals surface area contributed by atoms with Gasteiger partial charge in [0, 0.05) is 11.1 Å². The average molecular weight is 276 g/mol. The predicted octanol–water partition coefficient (Wildman–Crippen LogP) is 1.34. The fourth-order valence-electron chi connectivity index (χ4n) is 2.13. The molecule has 1 aliphatic rings. The summed E-state index contributed by atoms with van der Waals surface area (Å²) in [4.78, 5) is 35.9. The number of carbonyl (C=O) groups is 3. The van der Waals surface area contributed by atoms with Gasteiger partial charge in [-0.05, 0) is 32.0 Å². The highest BCUT2D eigenvalue weighted by Crippen LogP contribution is 2.25. The number of rotatable bonds is 4. The van der Waals surface area contributed by atoms with Gasteiger partial charge in [0.05, 0.1) is 13.7 Å². The van der Waals surface area contributed by atoms with Gasteiger partial charge in [-0.25, -0.2) is 4.79 Å². The molecule has 1 aromatic rings. The van der Waals surface area contributed by atoms with E-state index in [9.17, 15) is 14.4 Å². The molecule has 0 atom stereocenters. The molecule has 1 N–H and O–H groups in total. The van der Waals surface area contributed by atoms with Gasteiger partial charge in [-0.15, -0.1) is 0 Å². The van der Waals surface area contributed by atoms with Gasteiger partial charge in [-0.2, -0.15) is 0 Å². The Labute approximate surface area is 116 Å². The molecular formula is C14H16N2O4. The molecule has 1 heterocycles. The van der Waals surface area contributed by atoms with Crippen LogP contribution in [0.1, 0.15) is 29.8 Å². The number of nitrogens with zero attached hydrogens (tertiary/aromatic N) is 1. The van der Waals surface area contributed by atoms with Crippen molar-refractivity contribution in [3.63, 3.8) is 0 Å². The number of benzene rings is 1. The molecule has 6 nitrogen and oxygen atoms in total. The van der Waals surface area contributed by atoms with Crippen molar-refractivity contribution in [1.29, 1.82) is 0 Å². The second-order valence-corrected chi connectivity index (χ2v) is 5.14. The van der Waals surface area contributed by atoms with Gasteiger partial charge >= 0.3 is 6.03 Å². The fourth-order valence-corrected chi connectivity index (χ4v) is 2.13. The zero-order chi connectivity index (χ0) is 14.9. The smallest absolute Gasteiger partial charge is 0.325 e. The number of ether oxygens (including phenoxy) is 1. The Morgan fingerprint density at radius 1 is 1.35 bits per heavy atom. The highest BCUT2D eigenvalue weighted by Gasteiger charge is 2.44. The molecule has 0 radical (unpaired) electrons. The Balaban J connectivity index is 2.32. The minimum atomic E-state index is -0.910. The van der Waals surface area contributed by atoms with Crippen molar-refractivity contribution in [3.05, 3.63) is 29.3 Å². The summed E-state index contributed by atoms with van der Waals surface area (Å²) in [6, 6.07) is 4.42. The SMILES string of the molecule is COc1ccc(C=O)cc1CN1C(=O)NC(C)(C)C1=O. The molecule has 1 fully saturated rings. The summed E-state index contributed by atoms with van der Waals surface area (Å²) in [5.41, 5.74) is 0.164. The van der Waals surface area contributed by atoms with Gasteiger partial charge in [0.1, 0.15) is 17.6 Å². The number of aldehydes is 1.